The largest absolute Gasteiger partial charge is 0.364 e. The van der Waals surface area contributed by atoms with Crippen LogP contribution in [0, 0.1) is 5.82 Å². The van der Waals surface area contributed by atoms with E-state index in [1.54, 1.807) is 56.6 Å². The van der Waals surface area contributed by atoms with Crippen molar-refractivity contribution in [2.45, 2.75) is 39.5 Å². The number of halogens is 2. The molecule has 0 radical (unpaired) electrons. The number of aromatic nitrogens is 3. The smallest absolute Gasteiger partial charge is 0.269 e. The van der Waals surface area contributed by atoms with Gasteiger partial charge in [-0.05, 0) is 55.8 Å². The predicted octanol–water partition coefficient (Wildman–Crippen LogP) is 2.81. The van der Waals surface area contributed by atoms with Gasteiger partial charge in [0.2, 0.25) is 11.8 Å². The summed E-state index contributed by atoms with van der Waals surface area (Å²) in [5, 5.41) is 9.90. The van der Waals surface area contributed by atoms with Gasteiger partial charge in [0, 0.05) is 48.0 Å². The number of primary amides is 1. The number of amides is 4. The minimum Gasteiger partial charge on any atom is -0.364 e. The van der Waals surface area contributed by atoms with Crippen LogP contribution in [-0.4, -0.2) is 55.9 Å². The van der Waals surface area contributed by atoms with E-state index in [1.165, 1.54) is 27.8 Å². The van der Waals surface area contributed by atoms with E-state index in [0.717, 1.165) is 5.56 Å². The maximum atomic E-state index is 14.2. The fraction of sp³-hybridized carbons (Fsp3) is 0.241. The molecular formula is C29H29ClFN7O4. The molecule has 0 aliphatic rings. The molecule has 0 aliphatic carbocycles. The Hall–Kier alpha value is -4.84. The zero-order valence-corrected chi connectivity index (χ0v) is 23.7. The Labute approximate surface area is 245 Å². The van der Waals surface area contributed by atoms with Gasteiger partial charge in [-0.15, -0.1) is 0 Å². The van der Waals surface area contributed by atoms with Crippen LogP contribution in [0.2, 0.25) is 5.02 Å². The van der Waals surface area contributed by atoms with Gasteiger partial charge in [-0.3, -0.25) is 28.8 Å². The first-order chi connectivity index (χ1) is 20.0. The Bertz CT molecular complexity index is 1640. The number of hydrogen-bond acceptors (Lipinski definition) is 6. The van der Waals surface area contributed by atoms with E-state index in [4.69, 9.17) is 17.3 Å². The molecule has 4 aromatic rings. The van der Waals surface area contributed by atoms with Crippen LogP contribution >= 0.6 is 11.6 Å². The Morgan fingerprint density at radius 2 is 1.79 bits per heavy atom. The van der Waals surface area contributed by atoms with Gasteiger partial charge in [0.05, 0.1) is 17.1 Å². The van der Waals surface area contributed by atoms with Crippen LogP contribution in [0.1, 0.15) is 45.8 Å². The summed E-state index contributed by atoms with van der Waals surface area (Å²) in [5.41, 5.74) is 7.22. The summed E-state index contributed by atoms with van der Waals surface area (Å²) in [4.78, 5) is 56.2. The maximum Gasteiger partial charge on any atom is 0.269 e. The lowest BCUT2D eigenvalue weighted by Gasteiger charge is -2.26. The van der Waals surface area contributed by atoms with E-state index in [2.05, 4.69) is 20.7 Å². The maximum absolute atomic E-state index is 14.2. The molecule has 2 heterocycles. The van der Waals surface area contributed by atoms with Gasteiger partial charge in [-0.2, -0.15) is 5.10 Å². The van der Waals surface area contributed by atoms with Crippen molar-refractivity contribution in [1.82, 2.24) is 30.3 Å². The molecule has 0 fully saturated rings. The molecule has 0 unspecified atom stereocenters. The van der Waals surface area contributed by atoms with Crippen molar-refractivity contribution < 1.29 is 23.6 Å². The van der Waals surface area contributed by atoms with Crippen molar-refractivity contribution >= 4 is 46.1 Å². The molecule has 2 aromatic heterocycles. The molecule has 0 aliphatic heterocycles. The molecule has 13 heteroatoms. The summed E-state index contributed by atoms with van der Waals surface area (Å²) in [6.45, 7) is 3.08. The van der Waals surface area contributed by atoms with Crippen LogP contribution < -0.4 is 16.4 Å². The van der Waals surface area contributed by atoms with Crippen LogP contribution in [0.4, 0.5) is 4.39 Å². The lowest BCUT2D eigenvalue weighted by molar-refractivity contribution is -0.138. The molecule has 2 aromatic carbocycles. The zero-order valence-electron chi connectivity index (χ0n) is 22.9. The van der Waals surface area contributed by atoms with E-state index in [-0.39, 0.29) is 60.0 Å². The predicted molar refractivity (Wildman–Crippen MR) is 154 cm³/mol. The van der Waals surface area contributed by atoms with Gasteiger partial charge in [0.25, 0.3) is 11.8 Å². The summed E-state index contributed by atoms with van der Waals surface area (Å²) < 4.78 is 15.5. The molecule has 218 valence electrons. The van der Waals surface area contributed by atoms with E-state index in [0.29, 0.717) is 10.9 Å². The number of carbonyl (C=O) groups excluding carboxylic acids is 4. The van der Waals surface area contributed by atoms with Gasteiger partial charge in [0.15, 0.2) is 5.69 Å². The standard InChI is InChI=1S/C29H29ClFN7O4/c1-17(2)37(15-24(39)34-14-20-4-3-5-22(30)26(20)31)25(40)16-38-23-7-6-19(12-21(23)27(36-38)28(32)41)29(42)35-13-18-8-10-33-11-9-18/h3-12,17H,13-16H2,1-2H3,(H2,32,41)(H,34,39)(H,35,42). The number of pyridine rings is 1. The van der Waals surface area contributed by atoms with E-state index in [9.17, 15) is 23.6 Å². The number of nitrogens with two attached hydrogens (primary N) is 1. The molecule has 0 bridgehead atoms. The van der Waals surface area contributed by atoms with Crippen LogP contribution in [0.5, 0.6) is 0 Å². The first-order valence-corrected chi connectivity index (χ1v) is 13.4. The summed E-state index contributed by atoms with van der Waals surface area (Å²) in [5.74, 6) is -2.77. The lowest BCUT2D eigenvalue weighted by atomic mass is 10.1. The third-order valence-electron chi connectivity index (χ3n) is 6.50. The third-order valence-corrected chi connectivity index (χ3v) is 6.79. The van der Waals surface area contributed by atoms with E-state index >= 15 is 0 Å². The molecule has 4 rings (SSSR count). The molecule has 4 amide bonds. The zero-order chi connectivity index (χ0) is 30.4. The molecule has 0 saturated carbocycles. The first kappa shape index (κ1) is 30.1. The number of hydrogen-bond donors (Lipinski definition) is 3. The number of nitrogens with zero attached hydrogens (tertiary/aromatic N) is 4. The van der Waals surface area contributed by atoms with Gasteiger partial charge in [-0.25, -0.2) is 4.39 Å². The quantitative estimate of drug-likeness (QED) is 0.243. The monoisotopic (exact) mass is 593 g/mol. The minimum absolute atomic E-state index is 0.0554. The second-order valence-corrected chi connectivity index (χ2v) is 10.2. The highest BCUT2D eigenvalue weighted by atomic mass is 35.5. The average molecular weight is 594 g/mol. The molecule has 0 atom stereocenters. The number of carbonyl (C=O) groups is 4. The Kier molecular flexibility index (Phi) is 9.48. The number of benzene rings is 2. The summed E-state index contributed by atoms with van der Waals surface area (Å²) in [6.07, 6.45) is 3.24. The Morgan fingerprint density at radius 1 is 1.05 bits per heavy atom. The highest BCUT2D eigenvalue weighted by Gasteiger charge is 2.24. The molecule has 42 heavy (non-hydrogen) atoms. The van der Waals surface area contributed by atoms with Crippen LogP contribution in [-0.2, 0) is 29.2 Å². The van der Waals surface area contributed by atoms with Crippen molar-refractivity contribution in [3.63, 3.8) is 0 Å². The summed E-state index contributed by atoms with van der Waals surface area (Å²) >= 11 is 5.80. The number of nitrogens with one attached hydrogen (secondary N) is 2. The normalized spacial score (nSPS) is 11.0. The highest BCUT2D eigenvalue weighted by molar-refractivity contribution is 6.30. The van der Waals surface area contributed by atoms with Crippen molar-refractivity contribution in [2.24, 2.45) is 5.73 Å². The summed E-state index contributed by atoms with van der Waals surface area (Å²) in [6, 6.07) is 12.3. The van der Waals surface area contributed by atoms with Crippen LogP contribution in [0.15, 0.2) is 60.9 Å². The SMILES string of the molecule is CC(C)N(CC(=O)NCc1cccc(Cl)c1F)C(=O)Cn1nc(C(N)=O)c2cc(C(=O)NCc3ccncc3)ccc21. The third kappa shape index (κ3) is 7.07. The van der Waals surface area contributed by atoms with Gasteiger partial charge >= 0.3 is 0 Å². The first-order valence-electron chi connectivity index (χ1n) is 13.0. The lowest BCUT2D eigenvalue weighted by Crippen LogP contribution is -2.45. The highest BCUT2D eigenvalue weighted by Crippen LogP contribution is 2.21. The van der Waals surface area contributed by atoms with Crippen LogP contribution in [0.25, 0.3) is 10.9 Å². The molecular weight excluding hydrogens is 565 g/mol. The van der Waals surface area contributed by atoms with E-state index < -0.39 is 23.5 Å². The van der Waals surface area contributed by atoms with Crippen LogP contribution in [0.3, 0.4) is 0 Å². The average Bonchev–Trinajstić information content (AvgIpc) is 3.33. The van der Waals surface area contributed by atoms with E-state index in [1.807, 2.05) is 0 Å². The van der Waals surface area contributed by atoms with Crippen molar-refractivity contribution in [2.75, 3.05) is 6.54 Å². The summed E-state index contributed by atoms with van der Waals surface area (Å²) in [7, 11) is 0. The Morgan fingerprint density at radius 3 is 2.48 bits per heavy atom. The Balaban J connectivity index is 1.48. The van der Waals surface area contributed by atoms with Gasteiger partial charge < -0.3 is 21.3 Å². The molecule has 4 N–H and O–H groups in total. The van der Waals surface area contributed by atoms with Gasteiger partial charge in [0.1, 0.15) is 12.4 Å². The van der Waals surface area contributed by atoms with Gasteiger partial charge in [-0.1, -0.05) is 23.7 Å². The van der Waals surface area contributed by atoms with Crippen molar-refractivity contribution in [3.05, 3.63) is 94.1 Å². The second-order valence-electron chi connectivity index (χ2n) is 9.75. The second kappa shape index (κ2) is 13.2. The minimum atomic E-state index is -0.825. The van der Waals surface area contributed by atoms with Crippen molar-refractivity contribution in [3.8, 4) is 0 Å². The fourth-order valence-electron chi connectivity index (χ4n) is 4.28. The number of fused-ring (bicyclic) bond motifs is 1. The fourth-order valence-corrected chi connectivity index (χ4v) is 4.47. The molecule has 11 nitrogen and oxygen atoms in total. The van der Waals surface area contributed by atoms with Crippen molar-refractivity contribution in [1.29, 1.82) is 0 Å². The topological polar surface area (TPSA) is 152 Å². The number of rotatable bonds is 11. The molecule has 0 saturated heterocycles. The molecule has 0 spiro atoms.